The molecule has 1 aliphatic rings. The Kier molecular flexibility index (Phi) is 5.12. The number of piperidine rings is 1. The van der Waals surface area contributed by atoms with Gasteiger partial charge in [0.2, 0.25) is 0 Å². The summed E-state index contributed by atoms with van der Waals surface area (Å²) in [5.41, 5.74) is 1.01. The van der Waals surface area contributed by atoms with Gasteiger partial charge < -0.3 is 4.90 Å². The number of anilines is 1. The highest BCUT2D eigenvalue weighted by Gasteiger charge is 2.24. The van der Waals surface area contributed by atoms with Crippen LogP contribution >= 0.6 is 0 Å². The normalized spacial score (nSPS) is 17.9. The molecule has 1 N–H and O–H groups in total. The zero-order chi connectivity index (χ0) is 16.9. The van der Waals surface area contributed by atoms with Gasteiger partial charge in [-0.25, -0.2) is 4.79 Å². The lowest BCUT2D eigenvalue weighted by Crippen LogP contribution is -2.43. The Bertz CT molecular complexity index is 664. The van der Waals surface area contributed by atoms with Crippen LogP contribution in [0.3, 0.4) is 0 Å². The van der Waals surface area contributed by atoms with Crippen LogP contribution in [0.15, 0.2) is 18.5 Å². The average molecular weight is 331 g/mol. The van der Waals surface area contributed by atoms with Crippen LogP contribution in [0.2, 0.25) is 0 Å². The number of amides is 2. The highest BCUT2D eigenvalue weighted by atomic mass is 16.2. The van der Waals surface area contributed by atoms with E-state index in [1.807, 2.05) is 28.9 Å². The molecule has 1 atom stereocenters. The molecule has 2 amide bonds. The minimum atomic E-state index is -0.0515. The summed E-state index contributed by atoms with van der Waals surface area (Å²) in [6.07, 6.45) is 7.64. The van der Waals surface area contributed by atoms with E-state index in [0.717, 1.165) is 56.8 Å². The van der Waals surface area contributed by atoms with Crippen molar-refractivity contribution in [2.24, 2.45) is 13.0 Å². The van der Waals surface area contributed by atoms with Gasteiger partial charge in [0.25, 0.3) is 0 Å². The fraction of sp³-hybridized carbons (Fsp3) is 0.625. The summed E-state index contributed by atoms with van der Waals surface area (Å²) in [6, 6.07) is 1.91. The first-order chi connectivity index (χ1) is 11.7. The molecule has 8 nitrogen and oxygen atoms in total. The molecule has 0 spiro atoms. The van der Waals surface area contributed by atoms with Crippen LogP contribution in [0, 0.1) is 5.92 Å². The summed E-state index contributed by atoms with van der Waals surface area (Å²) < 4.78 is 3.57. The Morgan fingerprint density at radius 1 is 1.46 bits per heavy atom. The molecule has 130 valence electrons. The fourth-order valence-corrected chi connectivity index (χ4v) is 3.20. The molecule has 1 saturated heterocycles. The molecular weight excluding hydrogens is 306 g/mol. The number of carbonyl (C=O) groups excluding carboxylic acids is 1. The van der Waals surface area contributed by atoms with Gasteiger partial charge in [0.1, 0.15) is 5.82 Å². The second kappa shape index (κ2) is 7.46. The van der Waals surface area contributed by atoms with Crippen LogP contribution in [0.25, 0.3) is 0 Å². The van der Waals surface area contributed by atoms with Crippen molar-refractivity contribution < 1.29 is 4.79 Å². The molecule has 3 rings (SSSR count). The number of nitrogens with one attached hydrogen (secondary N) is 1. The first-order valence-electron chi connectivity index (χ1n) is 8.58. The number of hydrogen-bond donors (Lipinski definition) is 1. The Morgan fingerprint density at radius 2 is 2.33 bits per heavy atom. The van der Waals surface area contributed by atoms with Gasteiger partial charge in [-0.05, 0) is 25.2 Å². The molecule has 8 heteroatoms. The number of urea groups is 1. The molecule has 2 aromatic heterocycles. The Labute approximate surface area is 141 Å². The third kappa shape index (κ3) is 3.93. The highest BCUT2D eigenvalue weighted by molar-refractivity contribution is 5.88. The van der Waals surface area contributed by atoms with Crippen molar-refractivity contribution in [3.63, 3.8) is 0 Å². The van der Waals surface area contributed by atoms with Crippen molar-refractivity contribution in [2.45, 2.75) is 39.2 Å². The second-order valence-corrected chi connectivity index (χ2v) is 6.40. The second-order valence-electron chi connectivity index (χ2n) is 6.40. The first kappa shape index (κ1) is 16.5. The van der Waals surface area contributed by atoms with Gasteiger partial charge in [0.15, 0.2) is 0 Å². The predicted octanol–water partition coefficient (Wildman–Crippen LogP) is 1.91. The zero-order valence-corrected chi connectivity index (χ0v) is 14.4. The summed E-state index contributed by atoms with van der Waals surface area (Å²) >= 11 is 0. The highest BCUT2D eigenvalue weighted by Crippen LogP contribution is 2.19. The van der Waals surface area contributed by atoms with Gasteiger partial charge in [-0.3, -0.25) is 14.7 Å². The Hall–Kier alpha value is -2.38. The molecular formula is C16H25N7O. The summed E-state index contributed by atoms with van der Waals surface area (Å²) in [7, 11) is 1.86. The number of carbonyl (C=O) groups is 1. The number of hydrogen-bond acceptors (Lipinski definition) is 4. The summed E-state index contributed by atoms with van der Waals surface area (Å²) in [4.78, 5) is 14.5. The smallest absolute Gasteiger partial charge is 0.323 e. The number of aromatic nitrogens is 5. The van der Waals surface area contributed by atoms with Gasteiger partial charge in [-0.15, -0.1) is 5.10 Å². The van der Waals surface area contributed by atoms with Crippen molar-refractivity contribution in [3.05, 3.63) is 24.2 Å². The van der Waals surface area contributed by atoms with Crippen molar-refractivity contribution in [3.8, 4) is 0 Å². The van der Waals surface area contributed by atoms with E-state index in [1.54, 1.807) is 10.9 Å². The Morgan fingerprint density at radius 3 is 3.08 bits per heavy atom. The monoisotopic (exact) mass is 331 g/mol. The van der Waals surface area contributed by atoms with Crippen LogP contribution in [0.1, 0.15) is 31.9 Å². The minimum Gasteiger partial charge on any atom is -0.324 e. The molecule has 1 fully saturated rings. The topological polar surface area (TPSA) is 80.9 Å². The Balaban J connectivity index is 1.58. The third-order valence-corrected chi connectivity index (χ3v) is 4.39. The van der Waals surface area contributed by atoms with Gasteiger partial charge in [-0.1, -0.05) is 18.6 Å². The molecule has 0 saturated carbocycles. The maximum absolute atomic E-state index is 12.6. The lowest BCUT2D eigenvalue weighted by molar-refractivity contribution is 0.168. The first-order valence-corrected chi connectivity index (χ1v) is 8.58. The molecule has 0 aliphatic carbocycles. The number of likely N-dealkylation sites (tertiary alicyclic amines) is 1. The maximum Gasteiger partial charge on any atom is 0.323 e. The van der Waals surface area contributed by atoms with Gasteiger partial charge >= 0.3 is 6.03 Å². The van der Waals surface area contributed by atoms with E-state index in [9.17, 15) is 4.79 Å². The SMILES string of the molecule is CCCc1cc(NC(=O)N2CCCC(Cn3ccnn3)C2)n(C)n1. The molecule has 0 aromatic carbocycles. The number of aryl methyl sites for hydroxylation is 2. The standard InChI is InChI=1S/C16H25N7O/c1-3-5-14-10-15(21(2)19-14)18-16(24)22-8-4-6-13(11-22)12-23-9-7-17-20-23/h7,9-10,13H,3-6,8,11-12H2,1-2H3,(H,18,24). The van der Waals surface area contributed by atoms with Crippen molar-refractivity contribution in [1.29, 1.82) is 0 Å². The molecule has 0 radical (unpaired) electrons. The largest absolute Gasteiger partial charge is 0.324 e. The summed E-state index contributed by atoms with van der Waals surface area (Å²) in [5.74, 6) is 1.16. The third-order valence-electron chi connectivity index (χ3n) is 4.39. The maximum atomic E-state index is 12.6. The van der Waals surface area contributed by atoms with Gasteiger partial charge in [0.05, 0.1) is 11.9 Å². The molecule has 0 bridgehead atoms. The van der Waals surface area contributed by atoms with Crippen molar-refractivity contribution in [1.82, 2.24) is 29.7 Å². The van der Waals surface area contributed by atoms with E-state index in [2.05, 4.69) is 27.7 Å². The molecule has 1 unspecified atom stereocenters. The molecule has 1 aliphatic heterocycles. The van der Waals surface area contributed by atoms with Crippen LogP contribution in [0.5, 0.6) is 0 Å². The van der Waals surface area contributed by atoms with Crippen LogP contribution < -0.4 is 5.32 Å². The minimum absolute atomic E-state index is 0.0515. The van der Waals surface area contributed by atoms with Crippen LogP contribution in [-0.2, 0) is 20.0 Å². The number of rotatable bonds is 5. The number of nitrogens with zero attached hydrogens (tertiary/aromatic N) is 6. The van der Waals surface area contributed by atoms with Crippen LogP contribution in [0.4, 0.5) is 10.6 Å². The van der Waals surface area contributed by atoms with Gasteiger partial charge in [-0.2, -0.15) is 5.10 Å². The quantitative estimate of drug-likeness (QED) is 0.907. The van der Waals surface area contributed by atoms with Crippen molar-refractivity contribution in [2.75, 3.05) is 18.4 Å². The zero-order valence-electron chi connectivity index (χ0n) is 14.4. The summed E-state index contributed by atoms with van der Waals surface area (Å²) in [6.45, 7) is 4.46. The van der Waals surface area contributed by atoms with E-state index in [-0.39, 0.29) is 6.03 Å². The van der Waals surface area contributed by atoms with Crippen molar-refractivity contribution >= 4 is 11.8 Å². The van der Waals surface area contributed by atoms with E-state index < -0.39 is 0 Å². The van der Waals surface area contributed by atoms with E-state index in [0.29, 0.717) is 5.92 Å². The summed E-state index contributed by atoms with van der Waals surface area (Å²) in [5, 5.41) is 15.3. The molecule has 2 aromatic rings. The van der Waals surface area contributed by atoms with E-state index in [4.69, 9.17) is 0 Å². The van der Waals surface area contributed by atoms with Crippen LogP contribution in [-0.4, -0.2) is 48.8 Å². The predicted molar refractivity (Wildman–Crippen MR) is 90.5 cm³/mol. The van der Waals surface area contributed by atoms with Gasteiger partial charge in [0, 0.05) is 38.9 Å². The van der Waals surface area contributed by atoms with E-state index >= 15 is 0 Å². The molecule has 24 heavy (non-hydrogen) atoms. The fourth-order valence-electron chi connectivity index (χ4n) is 3.20. The molecule has 3 heterocycles. The lowest BCUT2D eigenvalue weighted by atomic mass is 9.98. The average Bonchev–Trinajstić information content (AvgIpc) is 3.18. The lowest BCUT2D eigenvalue weighted by Gasteiger charge is -2.32. The van der Waals surface area contributed by atoms with E-state index in [1.165, 1.54) is 0 Å².